The van der Waals surface area contributed by atoms with Crippen LogP contribution >= 0.6 is 0 Å². The molecule has 1 aromatic carbocycles. The molecule has 2 aromatic rings. The Bertz CT molecular complexity index is 570. The zero-order chi connectivity index (χ0) is 13.1. The van der Waals surface area contributed by atoms with Crippen molar-refractivity contribution in [3.63, 3.8) is 0 Å². The van der Waals surface area contributed by atoms with Crippen LogP contribution in [0.15, 0.2) is 24.3 Å². The zero-order valence-corrected chi connectivity index (χ0v) is 9.62. The summed E-state index contributed by atoms with van der Waals surface area (Å²) in [6.07, 6.45) is 0.280. The molecule has 6 nitrogen and oxygen atoms in total. The Labute approximate surface area is 102 Å². The fourth-order valence-corrected chi connectivity index (χ4v) is 1.56. The van der Waals surface area contributed by atoms with E-state index in [1.165, 1.54) is 23.7 Å². The summed E-state index contributed by atoms with van der Waals surface area (Å²) in [4.78, 5) is 10.9. The third-order valence-electron chi connectivity index (χ3n) is 2.54. The van der Waals surface area contributed by atoms with E-state index in [0.717, 1.165) is 0 Å². The van der Waals surface area contributed by atoms with Crippen LogP contribution in [0.2, 0.25) is 0 Å². The van der Waals surface area contributed by atoms with E-state index in [1.54, 1.807) is 12.1 Å². The topological polar surface area (TPSA) is 80.9 Å². The predicted octanol–water partition coefficient (Wildman–Crippen LogP) is 1.05. The Hall–Kier alpha value is -2.31. The van der Waals surface area contributed by atoms with E-state index < -0.39 is 12.0 Å². The first-order valence-electron chi connectivity index (χ1n) is 5.32. The largest absolute Gasteiger partial charge is 0.480 e. The number of tetrazole rings is 1. The molecule has 2 rings (SSSR count). The molecular formula is C11H11FN4O2. The second-order valence-corrected chi connectivity index (χ2v) is 3.86. The number of carbonyl (C=O) groups is 1. The van der Waals surface area contributed by atoms with Crippen molar-refractivity contribution in [3.8, 4) is 0 Å². The summed E-state index contributed by atoms with van der Waals surface area (Å²) in [5.41, 5.74) is 0.684. The number of aromatic nitrogens is 4. The maximum Gasteiger partial charge on any atom is 0.328 e. The molecule has 0 aliphatic rings. The minimum Gasteiger partial charge on any atom is -0.480 e. The van der Waals surface area contributed by atoms with Gasteiger partial charge in [0.25, 0.3) is 0 Å². The van der Waals surface area contributed by atoms with Crippen molar-refractivity contribution in [1.82, 2.24) is 20.2 Å². The summed E-state index contributed by atoms with van der Waals surface area (Å²) in [7, 11) is 0. The zero-order valence-electron chi connectivity index (χ0n) is 9.62. The van der Waals surface area contributed by atoms with E-state index in [2.05, 4.69) is 15.5 Å². The number of benzene rings is 1. The number of rotatable bonds is 4. The fourth-order valence-electron chi connectivity index (χ4n) is 1.56. The maximum atomic E-state index is 13.0. The molecule has 1 aromatic heterocycles. The first-order valence-corrected chi connectivity index (χ1v) is 5.32. The van der Waals surface area contributed by atoms with Crippen LogP contribution < -0.4 is 0 Å². The lowest BCUT2D eigenvalue weighted by molar-refractivity contribution is -0.140. The van der Waals surface area contributed by atoms with Crippen LogP contribution in [0.1, 0.15) is 24.4 Å². The van der Waals surface area contributed by atoms with E-state index in [9.17, 15) is 9.18 Å². The lowest BCUT2D eigenvalue weighted by Crippen LogP contribution is -2.19. The van der Waals surface area contributed by atoms with Crippen molar-refractivity contribution >= 4 is 5.97 Å². The van der Waals surface area contributed by atoms with Gasteiger partial charge in [0.15, 0.2) is 5.82 Å². The number of carboxylic acid groups (broad SMARTS) is 1. The molecule has 18 heavy (non-hydrogen) atoms. The average Bonchev–Trinajstić information content (AvgIpc) is 2.76. The molecular weight excluding hydrogens is 239 g/mol. The second kappa shape index (κ2) is 4.91. The molecule has 1 unspecified atom stereocenters. The van der Waals surface area contributed by atoms with Gasteiger partial charge in [-0.1, -0.05) is 12.1 Å². The van der Waals surface area contributed by atoms with Crippen molar-refractivity contribution < 1.29 is 14.3 Å². The monoisotopic (exact) mass is 250 g/mol. The summed E-state index contributed by atoms with van der Waals surface area (Å²) in [6, 6.07) is 5.16. The Morgan fingerprint density at radius 2 is 2.33 bits per heavy atom. The van der Waals surface area contributed by atoms with Crippen molar-refractivity contribution in [2.24, 2.45) is 0 Å². The fraction of sp³-hybridized carbons (Fsp3) is 0.273. The highest BCUT2D eigenvalue weighted by molar-refractivity contribution is 5.71. The molecule has 0 bridgehead atoms. The number of aliphatic carboxylic acids is 1. The van der Waals surface area contributed by atoms with Crippen LogP contribution in [0, 0.1) is 5.82 Å². The standard InChI is InChI=1S/C11H11FN4O2/c1-7(11(17)18)16-10(13-14-15-16)6-8-3-2-4-9(12)5-8/h2-5,7H,6H2,1H3,(H,17,18). The third kappa shape index (κ3) is 2.50. The minimum atomic E-state index is -1.03. The number of hydrogen-bond acceptors (Lipinski definition) is 4. The van der Waals surface area contributed by atoms with Gasteiger partial charge in [-0.15, -0.1) is 5.10 Å². The lowest BCUT2D eigenvalue weighted by atomic mass is 10.1. The van der Waals surface area contributed by atoms with Crippen LogP contribution in [0.25, 0.3) is 0 Å². The highest BCUT2D eigenvalue weighted by Crippen LogP contribution is 2.12. The molecule has 0 aliphatic carbocycles. The lowest BCUT2D eigenvalue weighted by Gasteiger charge is -2.08. The summed E-state index contributed by atoms with van der Waals surface area (Å²) < 4.78 is 14.2. The van der Waals surface area contributed by atoms with Crippen LogP contribution in [0.5, 0.6) is 0 Å². The molecule has 0 amide bonds. The molecule has 0 spiro atoms. The quantitative estimate of drug-likeness (QED) is 0.877. The molecule has 1 atom stereocenters. The normalized spacial score (nSPS) is 12.3. The number of nitrogens with zero attached hydrogens (tertiary/aromatic N) is 4. The highest BCUT2D eigenvalue weighted by Gasteiger charge is 2.19. The summed E-state index contributed by atoms with van der Waals surface area (Å²) in [5.74, 6) is -0.990. The highest BCUT2D eigenvalue weighted by atomic mass is 19.1. The molecule has 94 valence electrons. The van der Waals surface area contributed by atoms with Crippen LogP contribution in [0.4, 0.5) is 4.39 Å². The van der Waals surface area contributed by atoms with Gasteiger partial charge >= 0.3 is 5.97 Å². The minimum absolute atomic E-state index is 0.280. The summed E-state index contributed by atoms with van der Waals surface area (Å²) in [6.45, 7) is 1.48. The van der Waals surface area contributed by atoms with E-state index in [4.69, 9.17) is 5.11 Å². The van der Waals surface area contributed by atoms with E-state index >= 15 is 0 Å². The van der Waals surface area contributed by atoms with Crippen molar-refractivity contribution in [2.45, 2.75) is 19.4 Å². The summed E-state index contributed by atoms with van der Waals surface area (Å²) >= 11 is 0. The van der Waals surface area contributed by atoms with Crippen molar-refractivity contribution in [3.05, 3.63) is 41.5 Å². The molecule has 0 saturated carbocycles. The summed E-state index contributed by atoms with van der Waals surface area (Å²) in [5, 5.41) is 19.8. The first kappa shape index (κ1) is 12.2. The van der Waals surface area contributed by atoms with E-state index in [1.807, 2.05) is 0 Å². The van der Waals surface area contributed by atoms with Gasteiger partial charge in [-0.2, -0.15) is 0 Å². The van der Waals surface area contributed by atoms with Gasteiger partial charge in [-0.3, -0.25) is 0 Å². The van der Waals surface area contributed by atoms with Crippen LogP contribution in [-0.4, -0.2) is 31.3 Å². The molecule has 0 saturated heterocycles. The maximum absolute atomic E-state index is 13.0. The Balaban J connectivity index is 2.25. The number of carboxylic acids is 1. The predicted molar refractivity (Wildman–Crippen MR) is 59.4 cm³/mol. The van der Waals surface area contributed by atoms with Gasteiger partial charge < -0.3 is 5.11 Å². The Morgan fingerprint density at radius 3 is 3.00 bits per heavy atom. The van der Waals surface area contributed by atoms with Crippen molar-refractivity contribution in [1.29, 1.82) is 0 Å². The molecule has 1 heterocycles. The van der Waals surface area contributed by atoms with E-state index in [0.29, 0.717) is 11.4 Å². The smallest absolute Gasteiger partial charge is 0.328 e. The third-order valence-corrected chi connectivity index (χ3v) is 2.54. The van der Waals surface area contributed by atoms with Gasteiger partial charge in [0, 0.05) is 6.42 Å². The number of hydrogen-bond donors (Lipinski definition) is 1. The number of halogens is 1. The Kier molecular flexibility index (Phi) is 3.31. The average molecular weight is 250 g/mol. The van der Waals surface area contributed by atoms with Gasteiger partial charge in [-0.05, 0) is 35.0 Å². The SMILES string of the molecule is CC(C(=O)O)n1nnnc1Cc1cccc(F)c1. The van der Waals surface area contributed by atoms with Gasteiger partial charge in [-0.25, -0.2) is 13.9 Å². The molecule has 1 N–H and O–H groups in total. The molecule has 0 fully saturated rings. The van der Waals surface area contributed by atoms with Crippen LogP contribution in [-0.2, 0) is 11.2 Å². The van der Waals surface area contributed by atoms with Gasteiger partial charge in [0.2, 0.25) is 0 Å². The Morgan fingerprint density at radius 1 is 1.56 bits per heavy atom. The molecule has 0 radical (unpaired) electrons. The van der Waals surface area contributed by atoms with E-state index in [-0.39, 0.29) is 12.2 Å². The van der Waals surface area contributed by atoms with Gasteiger partial charge in [0.1, 0.15) is 11.9 Å². The molecule has 0 aliphatic heterocycles. The second-order valence-electron chi connectivity index (χ2n) is 3.86. The first-order chi connectivity index (χ1) is 8.58. The van der Waals surface area contributed by atoms with Gasteiger partial charge in [0.05, 0.1) is 0 Å². The van der Waals surface area contributed by atoms with Crippen molar-refractivity contribution in [2.75, 3.05) is 0 Å². The molecule has 7 heteroatoms. The van der Waals surface area contributed by atoms with Crippen LogP contribution in [0.3, 0.4) is 0 Å².